The largest absolute Gasteiger partial charge is 0.350 e. The van der Waals surface area contributed by atoms with Gasteiger partial charge in [0.05, 0.1) is 18.4 Å². The SMILES string of the molecule is CS(=O)(=O)OCCNC(=O)c1cccnc1. The third kappa shape index (κ3) is 4.85. The number of aromatic nitrogens is 1. The molecular weight excluding hydrogens is 232 g/mol. The van der Waals surface area contributed by atoms with Gasteiger partial charge in [-0.2, -0.15) is 8.42 Å². The number of nitrogens with zero attached hydrogens (tertiary/aromatic N) is 1. The van der Waals surface area contributed by atoms with Crippen LogP contribution < -0.4 is 5.32 Å². The van der Waals surface area contributed by atoms with Crippen LogP contribution in [0.25, 0.3) is 0 Å². The summed E-state index contributed by atoms with van der Waals surface area (Å²) in [6.45, 7) is 0.0473. The fourth-order valence-corrected chi connectivity index (χ4v) is 1.34. The summed E-state index contributed by atoms with van der Waals surface area (Å²) in [6, 6.07) is 3.25. The Balaban J connectivity index is 2.32. The van der Waals surface area contributed by atoms with Crippen LogP contribution in [0.1, 0.15) is 10.4 Å². The molecular formula is C9H12N2O4S. The molecule has 16 heavy (non-hydrogen) atoms. The number of carbonyl (C=O) groups excluding carboxylic acids is 1. The molecule has 0 saturated carbocycles. The Hall–Kier alpha value is -1.47. The average Bonchev–Trinajstić information content (AvgIpc) is 2.24. The minimum Gasteiger partial charge on any atom is -0.350 e. The van der Waals surface area contributed by atoms with Gasteiger partial charge in [-0.05, 0) is 12.1 Å². The Bertz CT molecular complexity index is 444. The van der Waals surface area contributed by atoms with Crippen LogP contribution in [-0.2, 0) is 14.3 Å². The zero-order valence-electron chi connectivity index (χ0n) is 8.71. The van der Waals surface area contributed by atoms with Crippen molar-refractivity contribution in [3.63, 3.8) is 0 Å². The lowest BCUT2D eigenvalue weighted by atomic mass is 10.3. The molecule has 0 atom stereocenters. The molecule has 88 valence electrons. The standard InChI is InChI=1S/C9H12N2O4S/c1-16(13,14)15-6-5-11-9(12)8-3-2-4-10-7-8/h2-4,7H,5-6H2,1H3,(H,11,12). The zero-order valence-corrected chi connectivity index (χ0v) is 9.53. The quantitative estimate of drug-likeness (QED) is 0.572. The van der Waals surface area contributed by atoms with Gasteiger partial charge in [-0.15, -0.1) is 0 Å². The molecule has 6 nitrogen and oxygen atoms in total. The Morgan fingerprint density at radius 3 is 2.88 bits per heavy atom. The number of hydrogen-bond acceptors (Lipinski definition) is 5. The van der Waals surface area contributed by atoms with E-state index < -0.39 is 10.1 Å². The highest BCUT2D eigenvalue weighted by Crippen LogP contribution is 1.94. The Morgan fingerprint density at radius 1 is 1.56 bits per heavy atom. The third-order valence-electron chi connectivity index (χ3n) is 1.61. The maximum Gasteiger partial charge on any atom is 0.264 e. The topological polar surface area (TPSA) is 85.4 Å². The first kappa shape index (κ1) is 12.6. The molecule has 0 fully saturated rings. The predicted molar refractivity (Wildman–Crippen MR) is 57.4 cm³/mol. The van der Waals surface area contributed by atoms with E-state index in [1.54, 1.807) is 18.3 Å². The molecule has 1 rings (SSSR count). The summed E-state index contributed by atoms with van der Waals surface area (Å²) < 4.78 is 25.7. The van der Waals surface area contributed by atoms with Crippen molar-refractivity contribution in [1.29, 1.82) is 0 Å². The highest BCUT2D eigenvalue weighted by molar-refractivity contribution is 7.85. The molecule has 0 radical (unpaired) electrons. The first-order valence-electron chi connectivity index (χ1n) is 4.52. The van der Waals surface area contributed by atoms with Crippen LogP contribution in [-0.4, -0.2) is 38.7 Å². The lowest BCUT2D eigenvalue weighted by Gasteiger charge is -2.04. The van der Waals surface area contributed by atoms with Crippen LogP contribution >= 0.6 is 0 Å². The summed E-state index contributed by atoms with van der Waals surface area (Å²) in [6.07, 6.45) is 3.94. The van der Waals surface area contributed by atoms with E-state index in [2.05, 4.69) is 14.5 Å². The van der Waals surface area contributed by atoms with Gasteiger partial charge in [0, 0.05) is 18.9 Å². The van der Waals surface area contributed by atoms with E-state index in [1.807, 2.05) is 0 Å². The molecule has 0 aliphatic carbocycles. The number of nitrogens with one attached hydrogen (secondary N) is 1. The third-order valence-corrected chi connectivity index (χ3v) is 2.20. The summed E-state index contributed by atoms with van der Waals surface area (Å²) in [7, 11) is -3.45. The van der Waals surface area contributed by atoms with Crippen LogP contribution in [0.4, 0.5) is 0 Å². The number of rotatable bonds is 5. The summed E-state index contributed by atoms with van der Waals surface area (Å²) in [5.41, 5.74) is 0.418. The molecule has 1 aromatic heterocycles. The summed E-state index contributed by atoms with van der Waals surface area (Å²) >= 11 is 0. The van der Waals surface area contributed by atoms with Crippen molar-refractivity contribution in [3.05, 3.63) is 30.1 Å². The maximum absolute atomic E-state index is 11.4. The van der Waals surface area contributed by atoms with Crippen molar-refractivity contribution in [2.75, 3.05) is 19.4 Å². The number of amides is 1. The molecule has 0 saturated heterocycles. The van der Waals surface area contributed by atoms with E-state index >= 15 is 0 Å². The minimum atomic E-state index is -3.45. The number of carbonyl (C=O) groups is 1. The zero-order chi connectivity index (χ0) is 12.0. The van der Waals surface area contributed by atoms with Crippen LogP contribution in [0.2, 0.25) is 0 Å². The van der Waals surface area contributed by atoms with Gasteiger partial charge in [0.25, 0.3) is 16.0 Å². The fourth-order valence-electron chi connectivity index (χ4n) is 0.957. The van der Waals surface area contributed by atoms with Gasteiger partial charge in [-0.25, -0.2) is 0 Å². The van der Waals surface area contributed by atoms with Crippen molar-refractivity contribution in [2.45, 2.75) is 0 Å². The monoisotopic (exact) mass is 244 g/mol. The van der Waals surface area contributed by atoms with Crippen molar-refractivity contribution >= 4 is 16.0 Å². The van der Waals surface area contributed by atoms with E-state index in [0.29, 0.717) is 5.56 Å². The molecule has 0 spiro atoms. The van der Waals surface area contributed by atoms with Gasteiger partial charge in [0.15, 0.2) is 0 Å². The highest BCUT2D eigenvalue weighted by atomic mass is 32.2. The number of pyridine rings is 1. The lowest BCUT2D eigenvalue weighted by molar-refractivity contribution is 0.0947. The van der Waals surface area contributed by atoms with E-state index in [0.717, 1.165) is 6.26 Å². The molecule has 1 N–H and O–H groups in total. The Morgan fingerprint density at radius 2 is 2.31 bits per heavy atom. The lowest BCUT2D eigenvalue weighted by Crippen LogP contribution is -2.27. The summed E-state index contributed by atoms with van der Waals surface area (Å²) in [5, 5.41) is 2.50. The molecule has 1 amide bonds. The van der Waals surface area contributed by atoms with Crippen molar-refractivity contribution in [3.8, 4) is 0 Å². The molecule has 0 aliphatic rings. The Labute approximate surface area is 93.8 Å². The number of hydrogen-bond donors (Lipinski definition) is 1. The second kappa shape index (κ2) is 5.57. The highest BCUT2D eigenvalue weighted by Gasteiger charge is 2.05. The first-order chi connectivity index (χ1) is 7.49. The average molecular weight is 244 g/mol. The predicted octanol–water partition coefficient (Wildman–Crippen LogP) is -0.212. The van der Waals surface area contributed by atoms with E-state index in [4.69, 9.17) is 0 Å². The first-order valence-corrected chi connectivity index (χ1v) is 6.33. The molecule has 1 heterocycles. The second-order valence-corrected chi connectivity index (χ2v) is 4.67. The molecule has 1 aromatic rings. The van der Waals surface area contributed by atoms with Crippen molar-refractivity contribution < 1.29 is 17.4 Å². The second-order valence-electron chi connectivity index (χ2n) is 3.02. The van der Waals surface area contributed by atoms with E-state index in [-0.39, 0.29) is 19.1 Å². The van der Waals surface area contributed by atoms with Gasteiger partial charge in [-0.3, -0.25) is 14.0 Å². The summed E-state index contributed by atoms with van der Waals surface area (Å²) in [5.74, 6) is -0.315. The van der Waals surface area contributed by atoms with Crippen LogP contribution in [0.5, 0.6) is 0 Å². The molecule has 0 unspecified atom stereocenters. The molecule has 0 bridgehead atoms. The van der Waals surface area contributed by atoms with Crippen LogP contribution in [0, 0.1) is 0 Å². The van der Waals surface area contributed by atoms with Gasteiger partial charge >= 0.3 is 0 Å². The van der Waals surface area contributed by atoms with E-state index in [1.165, 1.54) is 6.20 Å². The normalized spacial score (nSPS) is 11.1. The molecule has 7 heteroatoms. The molecule has 0 aliphatic heterocycles. The van der Waals surface area contributed by atoms with Crippen LogP contribution in [0.3, 0.4) is 0 Å². The van der Waals surface area contributed by atoms with Gasteiger partial charge in [-0.1, -0.05) is 0 Å². The van der Waals surface area contributed by atoms with Crippen molar-refractivity contribution in [1.82, 2.24) is 10.3 Å². The fraction of sp³-hybridized carbons (Fsp3) is 0.333. The van der Waals surface area contributed by atoms with E-state index in [9.17, 15) is 13.2 Å². The van der Waals surface area contributed by atoms with Gasteiger partial charge < -0.3 is 5.32 Å². The smallest absolute Gasteiger partial charge is 0.264 e. The van der Waals surface area contributed by atoms with Crippen molar-refractivity contribution in [2.24, 2.45) is 0 Å². The van der Waals surface area contributed by atoms with Crippen LogP contribution in [0.15, 0.2) is 24.5 Å². The molecule has 0 aromatic carbocycles. The maximum atomic E-state index is 11.4. The minimum absolute atomic E-state index is 0.0785. The summed E-state index contributed by atoms with van der Waals surface area (Å²) in [4.78, 5) is 15.2. The van der Waals surface area contributed by atoms with Gasteiger partial charge in [0.2, 0.25) is 0 Å². The van der Waals surface area contributed by atoms with Gasteiger partial charge in [0.1, 0.15) is 0 Å². The Kier molecular flexibility index (Phi) is 4.39.